The second-order valence-corrected chi connectivity index (χ2v) is 11.5. The van der Waals surface area contributed by atoms with Crippen LogP contribution in [0.15, 0.2) is 102 Å². The fourth-order valence-corrected chi connectivity index (χ4v) is 5.97. The van der Waals surface area contributed by atoms with Crippen LogP contribution in [-0.2, 0) is 27.8 Å². The lowest BCUT2D eigenvalue weighted by atomic mass is 9.99. The van der Waals surface area contributed by atoms with E-state index in [9.17, 15) is 13.2 Å². The molecule has 0 saturated carbocycles. The molecule has 0 unspecified atom stereocenters. The molecule has 6 nitrogen and oxygen atoms in total. The number of carbonyl (C=O) groups excluding carboxylic acids is 1. The van der Waals surface area contributed by atoms with E-state index in [-0.39, 0.29) is 10.8 Å². The van der Waals surface area contributed by atoms with Gasteiger partial charge < -0.3 is 5.32 Å². The number of benzene rings is 4. The molecule has 0 spiro atoms. The van der Waals surface area contributed by atoms with Gasteiger partial charge >= 0.3 is 0 Å². The smallest absolute Gasteiger partial charge is 0.261 e. The Kier molecular flexibility index (Phi) is 8.39. The van der Waals surface area contributed by atoms with Gasteiger partial charge in [0.05, 0.1) is 4.90 Å². The molecule has 5 rings (SSSR count). The van der Waals surface area contributed by atoms with Gasteiger partial charge in [-0.1, -0.05) is 60.7 Å². The maximum Gasteiger partial charge on any atom is 0.261 e. The summed E-state index contributed by atoms with van der Waals surface area (Å²) < 4.78 is 28.1. The molecule has 1 heterocycles. The lowest BCUT2D eigenvalue weighted by molar-refractivity contribution is -0.116. The number of nitrogens with zero attached hydrogens (tertiary/aromatic N) is 1. The number of fused-ring (bicyclic) bond motifs is 2. The largest absolute Gasteiger partial charge is 0.353 e. The molecule has 4 aromatic carbocycles. The molecule has 39 heavy (non-hydrogen) atoms. The summed E-state index contributed by atoms with van der Waals surface area (Å²) >= 11 is 0. The first-order valence-corrected chi connectivity index (χ1v) is 14.8. The molecule has 1 aliphatic rings. The molecule has 7 heteroatoms. The highest BCUT2D eigenvalue weighted by Gasteiger charge is 2.18. The third-order valence-electron chi connectivity index (χ3n) is 7.00. The summed E-state index contributed by atoms with van der Waals surface area (Å²) in [4.78, 5) is 14.9. The molecular weight excluding hydrogens is 506 g/mol. The number of carbonyl (C=O) groups is 1. The third-order valence-corrected chi connectivity index (χ3v) is 8.40. The van der Waals surface area contributed by atoms with Crippen LogP contribution >= 0.6 is 0 Å². The number of nitrogens with one attached hydrogen (secondary N) is 2. The van der Waals surface area contributed by atoms with Crippen LogP contribution in [0.5, 0.6) is 0 Å². The van der Waals surface area contributed by atoms with Gasteiger partial charge in [-0.3, -0.25) is 14.4 Å². The number of rotatable bonds is 10. The number of hydrogen-bond donors (Lipinski definition) is 2. The van der Waals surface area contributed by atoms with Gasteiger partial charge in [0.15, 0.2) is 0 Å². The molecule has 0 aromatic heterocycles. The van der Waals surface area contributed by atoms with Crippen LogP contribution in [0.4, 0.5) is 5.69 Å². The maximum absolute atomic E-state index is 12.7. The van der Waals surface area contributed by atoms with Crippen molar-refractivity contribution in [3.63, 3.8) is 0 Å². The van der Waals surface area contributed by atoms with E-state index < -0.39 is 10.0 Å². The van der Waals surface area contributed by atoms with Gasteiger partial charge in [0.1, 0.15) is 0 Å². The van der Waals surface area contributed by atoms with Crippen LogP contribution in [0.2, 0.25) is 0 Å². The predicted octanol–water partition coefficient (Wildman–Crippen LogP) is 5.61. The Labute approximate surface area is 230 Å². The van der Waals surface area contributed by atoms with Crippen molar-refractivity contribution in [2.75, 3.05) is 24.4 Å². The Morgan fingerprint density at radius 2 is 1.64 bits per heavy atom. The Morgan fingerprint density at radius 3 is 2.49 bits per heavy atom. The first-order chi connectivity index (χ1) is 19.0. The first kappa shape index (κ1) is 26.7. The quantitative estimate of drug-likeness (QED) is 0.203. The van der Waals surface area contributed by atoms with Gasteiger partial charge in [-0.15, -0.1) is 0 Å². The van der Waals surface area contributed by atoms with Gasteiger partial charge in [-0.2, -0.15) is 0 Å². The van der Waals surface area contributed by atoms with E-state index in [0.29, 0.717) is 12.2 Å². The van der Waals surface area contributed by atoms with E-state index in [1.165, 1.54) is 10.9 Å². The molecule has 200 valence electrons. The number of unbranched alkanes of at least 4 members (excludes halogenated alkanes) is 1. The van der Waals surface area contributed by atoms with Gasteiger partial charge in [0.2, 0.25) is 5.91 Å². The Balaban J connectivity index is 1.06. The number of sulfonamides is 1. The highest BCUT2D eigenvalue weighted by Crippen LogP contribution is 2.25. The summed E-state index contributed by atoms with van der Waals surface area (Å²) in [6.45, 7) is 3.33. The van der Waals surface area contributed by atoms with E-state index in [0.717, 1.165) is 55.4 Å². The van der Waals surface area contributed by atoms with Gasteiger partial charge in [0, 0.05) is 31.4 Å². The average molecular weight is 540 g/mol. The van der Waals surface area contributed by atoms with Crippen LogP contribution < -0.4 is 10.0 Å². The number of hydrogen-bond acceptors (Lipinski definition) is 4. The number of amides is 1. The minimum absolute atomic E-state index is 0.0828. The fraction of sp³-hybridized carbons (Fsp3) is 0.219. The molecule has 1 amide bonds. The molecule has 4 aromatic rings. The third kappa shape index (κ3) is 7.13. The van der Waals surface area contributed by atoms with Crippen LogP contribution in [0, 0.1) is 0 Å². The second kappa shape index (κ2) is 12.3. The summed E-state index contributed by atoms with van der Waals surface area (Å²) in [6, 6.07) is 28.6. The van der Waals surface area contributed by atoms with E-state index >= 15 is 0 Å². The van der Waals surface area contributed by atoms with Crippen molar-refractivity contribution in [1.29, 1.82) is 0 Å². The molecule has 0 aliphatic carbocycles. The zero-order chi connectivity index (χ0) is 27.1. The zero-order valence-corrected chi connectivity index (χ0v) is 22.7. The molecular formula is C32H33N3O3S. The minimum atomic E-state index is -3.61. The summed E-state index contributed by atoms with van der Waals surface area (Å²) in [5.41, 5.74) is 4.00. The second-order valence-electron chi connectivity index (χ2n) is 9.87. The molecule has 2 N–H and O–H groups in total. The van der Waals surface area contributed by atoms with Crippen molar-refractivity contribution in [1.82, 2.24) is 10.2 Å². The summed E-state index contributed by atoms with van der Waals surface area (Å²) in [5.74, 6) is -0.0828. The lowest BCUT2D eigenvalue weighted by Crippen LogP contribution is -2.32. The van der Waals surface area contributed by atoms with E-state index in [2.05, 4.69) is 39.2 Å². The van der Waals surface area contributed by atoms with Crippen molar-refractivity contribution in [3.05, 3.63) is 114 Å². The normalized spacial score (nSPS) is 13.8. The van der Waals surface area contributed by atoms with E-state index in [1.807, 2.05) is 42.5 Å². The summed E-state index contributed by atoms with van der Waals surface area (Å²) in [7, 11) is -3.61. The Hall–Kier alpha value is -3.94. The van der Waals surface area contributed by atoms with Crippen LogP contribution in [0.25, 0.3) is 16.8 Å². The van der Waals surface area contributed by atoms with Crippen LogP contribution in [0.1, 0.15) is 29.5 Å². The maximum atomic E-state index is 12.7. The van der Waals surface area contributed by atoms with Crippen LogP contribution in [0.3, 0.4) is 0 Å². The first-order valence-electron chi connectivity index (χ1n) is 13.3. The highest BCUT2D eigenvalue weighted by molar-refractivity contribution is 7.92. The lowest BCUT2D eigenvalue weighted by Gasteiger charge is -2.29. The molecule has 0 fully saturated rings. The monoisotopic (exact) mass is 539 g/mol. The topological polar surface area (TPSA) is 78.5 Å². The fourth-order valence-electron chi connectivity index (χ4n) is 4.90. The molecule has 0 saturated heterocycles. The van der Waals surface area contributed by atoms with Gasteiger partial charge in [0.25, 0.3) is 10.0 Å². The van der Waals surface area contributed by atoms with Crippen molar-refractivity contribution >= 4 is 38.5 Å². The molecule has 0 atom stereocenters. The van der Waals surface area contributed by atoms with Crippen molar-refractivity contribution in [3.8, 4) is 0 Å². The molecule has 0 radical (unpaired) electrons. The molecule has 1 aliphatic heterocycles. The molecule has 0 bridgehead atoms. The van der Waals surface area contributed by atoms with E-state index in [4.69, 9.17) is 0 Å². The SMILES string of the molecule is O=C(C=Cc1ccc2ccccc2c1)NCCCCN1CCc2ccc(NS(=O)(=O)c3ccccc3)cc2C1. The van der Waals surface area contributed by atoms with E-state index in [1.54, 1.807) is 36.4 Å². The van der Waals surface area contributed by atoms with Crippen molar-refractivity contribution < 1.29 is 13.2 Å². The summed E-state index contributed by atoms with van der Waals surface area (Å²) in [6.07, 6.45) is 6.26. The summed E-state index contributed by atoms with van der Waals surface area (Å²) in [5, 5.41) is 5.32. The highest BCUT2D eigenvalue weighted by atomic mass is 32.2. The van der Waals surface area contributed by atoms with Crippen molar-refractivity contribution in [2.24, 2.45) is 0 Å². The van der Waals surface area contributed by atoms with Gasteiger partial charge in [-0.05, 0) is 89.7 Å². The average Bonchev–Trinajstić information content (AvgIpc) is 2.96. The van der Waals surface area contributed by atoms with Gasteiger partial charge in [-0.25, -0.2) is 8.42 Å². The minimum Gasteiger partial charge on any atom is -0.353 e. The Bertz CT molecular complexity index is 1580. The van der Waals surface area contributed by atoms with Crippen molar-refractivity contribution in [2.45, 2.75) is 30.7 Å². The zero-order valence-electron chi connectivity index (χ0n) is 21.8. The standard InChI is InChI=1S/C32H33N3O3S/c36-32(17-13-25-12-14-26-8-4-5-9-28(26)22-25)33-19-6-7-20-35-21-18-27-15-16-30(23-29(27)24-35)34-39(37,38)31-10-2-1-3-11-31/h1-5,8-17,22-23,34H,6-7,18-21,24H2,(H,33,36). The Morgan fingerprint density at radius 1 is 0.846 bits per heavy atom. The number of anilines is 1. The predicted molar refractivity (Wildman–Crippen MR) is 158 cm³/mol. The van der Waals surface area contributed by atoms with Crippen LogP contribution in [-0.4, -0.2) is 38.9 Å².